The molecule has 0 saturated carbocycles. The van der Waals surface area contributed by atoms with Gasteiger partial charge in [0.25, 0.3) is 0 Å². The van der Waals surface area contributed by atoms with Crippen molar-refractivity contribution in [2.75, 3.05) is 13.2 Å². The number of primary amides is 1. The molecule has 2 atom stereocenters. The smallest absolute Gasteiger partial charge is 0.338 e. The van der Waals surface area contributed by atoms with Crippen molar-refractivity contribution in [1.82, 2.24) is 5.06 Å². The molecule has 2 aromatic rings. The van der Waals surface area contributed by atoms with Gasteiger partial charge in [-0.05, 0) is 30.2 Å². The Labute approximate surface area is 155 Å². The summed E-state index contributed by atoms with van der Waals surface area (Å²) < 4.78 is 25.4. The molecule has 2 aromatic carbocycles. The zero-order valence-corrected chi connectivity index (χ0v) is 14.7. The zero-order valence-electron chi connectivity index (χ0n) is 14.7. The van der Waals surface area contributed by atoms with E-state index in [1.165, 1.54) is 12.1 Å². The maximum atomic E-state index is 14.2. The zero-order chi connectivity index (χ0) is 19.4. The van der Waals surface area contributed by atoms with Crippen LogP contribution in [-0.2, 0) is 4.74 Å². The third-order valence-corrected chi connectivity index (χ3v) is 4.08. The summed E-state index contributed by atoms with van der Waals surface area (Å²) in [5.74, 6) is -0.455. The third-order valence-electron chi connectivity index (χ3n) is 4.08. The van der Waals surface area contributed by atoms with E-state index in [-0.39, 0.29) is 35.9 Å². The Kier molecular flexibility index (Phi) is 5.56. The monoisotopic (exact) mass is 373 g/mol. The van der Waals surface area contributed by atoms with Crippen molar-refractivity contribution in [2.45, 2.75) is 19.1 Å². The molecule has 2 amide bonds. The Hall–Kier alpha value is -3.13. The maximum Gasteiger partial charge on any atom is 0.338 e. The first kappa shape index (κ1) is 18.7. The first-order valence-electron chi connectivity index (χ1n) is 8.38. The van der Waals surface area contributed by atoms with Gasteiger partial charge < -0.3 is 15.2 Å². The number of urea groups is 1. The van der Waals surface area contributed by atoms with Gasteiger partial charge in [-0.2, -0.15) is 0 Å². The summed E-state index contributed by atoms with van der Waals surface area (Å²) >= 11 is 0. The van der Waals surface area contributed by atoms with Crippen molar-refractivity contribution >= 4 is 11.9 Å². The summed E-state index contributed by atoms with van der Waals surface area (Å²) in [5, 5.41) is 9.98. The molecule has 0 aromatic heterocycles. The largest absolute Gasteiger partial charge is 0.476 e. The molecule has 8 heteroatoms. The van der Waals surface area contributed by atoms with Crippen LogP contribution in [0.5, 0.6) is 5.75 Å². The molecule has 0 bridgehead atoms. The minimum atomic E-state index is -1.06. The average Bonchev–Trinajstić information content (AvgIpc) is 3.14. The molecule has 0 spiro atoms. The van der Waals surface area contributed by atoms with Gasteiger partial charge in [-0.1, -0.05) is 36.4 Å². The lowest BCUT2D eigenvalue weighted by Gasteiger charge is -2.22. The number of hydrogen-bond donors (Lipinski definition) is 2. The number of hydroxylamine groups is 2. The van der Waals surface area contributed by atoms with Crippen LogP contribution in [0.4, 0.5) is 9.18 Å². The van der Waals surface area contributed by atoms with Gasteiger partial charge in [0.15, 0.2) is 17.7 Å². The number of aryl methyl sites for hydroxylation is 1. The lowest BCUT2D eigenvalue weighted by molar-refractivity contribution is -0.0550. The van der Waals surface area contributed by atoms with Crippen molar-refractivity contribution in [1.29, 1.82) is 0 Å². The fraction of sp³-hybridized carbons (Fsp3) is 0.263. The number of carbonyl (C=O) groups is 1. The Balaban J connectivity index is 1.84. The van der Waals surface area contributed by atoms with Gasteiger partial charge in [-0.25, -0.2) is 19.2 Å². The van der Waals surface area contributed by atoms with Crippen molar-refractivity contribution in [3.05, 3.63) is 65.5 Å². The van der Waals surface area contributed by atoms with E-state index >= 15 is 0 Å². The normalized spacial score (nSPS) is 17.0. The highest BCUT2D eigenvalue weighted by Crippen LogP contribution is 2.26. The van der Waals surface area contributed by atoms with Crippen LogP contribution >= 0.6 is 0 Å². The molecule has 0 radical (unpaired) electrons. The molecule has 1 unspecified atom stereocenters. The number of ether oxygens (including phenoxy) is 2. The van der Waals surface area contributed by atoms with Crippen LogP contribution in [-0.4, -0.2) is 41.5 Å². The van der Waals surface area contributed by atoms with E-state index in [2.05, 4.69) is 4.99 Å². The highest BCUT2D eigenvalue weighted by molar-refractivity contribution is 5.84. The quantitative estimate of drug-likeness (QED) is 0.601. The van der Waals surface area contributed by atoms with Crippen LogP contribution in [0.25, 0.3) is 0 Å². The van der Waals surface area contributed by atoms with Crippen LogP contribution in [0.15, 0.2) is 53.5 Å². The molecular weight excluding hydrogens is 353 g/mol. The Morgan fingerprint density at radius 3 is 2.81 bits per heavy atom. The Morgan fingerprint density at radius 2 is 2.15 bits per heavy atom. The predicted molar refractivity (Wildman–Crippen MR) is 96.2 cm³/mol. The minimum absolute atomic E-state index is 0.0436. The molecule has 1 heterocycles. The number of amides is 2. The SMILES string of the molecule is Cc1ccc(OC(CN(O)C(N)=O)C2=N[C@H](c3ccccc3)CO2)c(F)c1. The number of carbonyl (C=O) groups excluding carboxylic acids is 1. The fourth-order valence-corrected chi connectivity index (χ4v) is 2.68. The van der Waals surface area contributed by atoms with Crippen molar-refractivity contribution in [2.24, 2.45) is 10.7 Å². The second kappa shape index (κ2) is 8.05. The van der Waals surface area contributed by atoms with Crippen LogP contribution in [0, 0.1) is 12.7 Å². The maximum absolute atomic E-state index is 14.2. The first-order valence-corrected chi connectivity index (χ1v) is 8.38. The van der Waals surface area contributed by atoms with E-state index < -0.39 is 18.0 Å². The number of nitrogens with two attached hydrogens (primary N) is 1. The molecule has 27 heavy (non-hydrogen) atoms. The summed E-state index contributed by atoms with van der Waals surface area (Å²) in [7, 11) is 0. The van der Waals surface area contributed by atoms with Gasteiger partial charge in [0.1, 0.15) is 12.6 Å². The van der Waals surface area contributed by atoms with Crippen molar-refractivity contribution in [3.8, 4) is 5.75 Å². The fourth-order valence-electron chi connectivity index (χ4n) is 2.68. The van der Waals surface area contributed by atoms with Gasteiger partial charge in [-0.15, -0.1) is 0 Å². The second-order valence-electron chi connectivity index (χ2n) is 6.17. The van der Waals surface area contributed by atoms with E-state index in [1.807, 2.05) is 30.3 Å². The van der Waals surface area contributed by atoms with Crippen LogP contribution in [0.3, 0.4) is 0 Å². The summed E-state index contributed by atoms with van der Waals surface area (Å²) in [6.45, 7) is 1.67. The lowest BCUT2D eigenvalue weighted by Crippen LogP contribution is -2.44. The van der Waals surface area contributed by atoms with Gasteiger partial charge in [0.05, 0.1) is 6.54 Å². The van der Waals surface area contributed by atoms with Crippen LogP contribution in [0.1, 0.15) is 17.2 Å². The van der Waals surface area contributed by atoms with Gasteiger partial charge >= 0.3 is 6.03 Å². The minimum Gasteiger partial charge on any atom is -0.476 e. The molecule has 0 saturated heterocycles. The molecule has 142 valence electrons. The number of rotatable bonds is 6. The molecule has 0 fully saturated rings. The summed E-state index contributed by atoms with van der Waals surface area (Å²) in [5.41, 5.74) is 6.75. The van der Waals surface area contributed by atoms with E-state index in [0.717, 1.165) is 11.1 Å². The van der Waals surface area contributed by atoms with Crippen LogP contribution < -0.4 is 10.5 Å². The first-order chi connectivity index (χ1) is 12.9. The van der Waals surface area contributed by atoms with E-state index in [9.17, 15) is 14.4 Å². The number of nitrogens with zero attached hydrogens (tertiary/aromatic N) is 2. The molecule has 0 aliphatic carbocycles. The molecule has 3 N–H and O–H groups in total. The molecule has 1 aliphatic rings. The lowest BCUT2D eigenvalue weighted by atomic mass is 10.1. The summed E-state index contributed by atoms with van der Waals surface area (Å²) in [6.07, 6.45) is -1.02. The van der Waals surface area contributed by atoms with Gasteiger partial charge in [0.2, 0.25) is 5.90 Å². The van der Waals surface area contributed by atoms with Crippen molar-refractivity contribution in [3.63, 3.8) is 0 Å². The number of hydrogen-bond acceptors (Lipinski definition) is 5. The Bertz CT molecular complexity index is 844. The summed E-state index contributed by atoms with van der Waals surface area (Å²) in [4.78, 5) is 15.7. The third kappa shape index (κ3) is 4.53. The standard InChI is InChI=1S/C19H20FN3O4/c1-12-7-8-16(14(20)9-12)27-17(10-23(25)19(21)24)18-22-15(11-26-18)13-5-3-2-4-6-13/h2-9,15,17,25H,10-11H2,1H3,(H2,21,24)/t15-,17?/m0/s1. The van der Waals surface area contributed by atoms with Crippen LogP contribution in [0.2, 0.25) is 0 Å². The van der Waals surface area contributed by atoms with E-state index in [1.54, 1.807) is 13.0 Å². The number of aliphatic imine (C=N–C) groups is 1. The van der Waals surface area contributed by atoms with Gasteiger partial charge in [0, 0.05) is 0 Å². The predicted octanol–water partition coefficient (Wildman–Crippen LogP) is 2.82. The summed E-state index contributed by atoms with van der Waals surface area (Å²) in [6, 6.07) is 12.7. The highest BCUT2D eigenvalue weighted by Gasteiger charge is 2.31. The highest BCUT2D eigenvalue weighted by atomic mass is 19.1. The second-order valence-corrected chi connectivity index (χ2v) is 6.17. The van der Waals surface area contributed by atoms with Crippen molar-refractivity contribution < 1.29 is 23.9 Å². The van der Waals surface area contributed by atoms with E-state index in [4.69, 9.17) is 15.2 Å². The van der Waals surface area contributed by atoms with E-state index in [0.29, 0.717) is 0 Å². The molecule has 7 nitrogen and oxygen atoms in total. The molecule has 3 rings (SSSR count). The molecule has 1 aliphatic heterocycles. The van der Waals surface area contributed by atoms with Gasteiger partial charge in [-0.3, -0.25) is 5.21 Å². The number of benzene rings is 2. The topological polar surface area (TPSA) is 97.4 Å². The Morgan fingerprint density at radius 1 is 1.41 bits per heavy atom. The number of halogens is 1. The molecular formula is C19H20FN3O4. The average molecular weight is 373 g/mol.